The van der Waals surface area contributed by atoms with Gasteiger partial charge in [0.2, 0.25) is 0 Å². The number of aromatic nitrogens is 6. The molecule has 13 nitrogen and oxygen atoms in total. The van der Waals surface area contributed by atoms with Gasteiger partial charge >= 0.3 is 18.3 Å². The highest BCUT2D eigenvalue weighted by molar-refractivity contribution is 5.87. The molecule has 6 aromatic rings. The second kappa shape index (κ2) is 14.7. The third-order valence-corrected chi connectivity index (χ3v) is 7.48. The van der Waals surface area contributed by atoms with Crippen molar-refractivity contribution in [2.75, 3.05) is 14.2 Å². The maximum Gasteiger partial charge on any atom is 0.416 e. The smallest absolute Gasteiger partial charge is 0.416 e. The molecule has 2 heterocycles. The Morgan fingerprint density at radius 1 is 0.698 bits per heavy atom. The van der Waals surface area contributed by atoms with Crippen molar-refractivity contribution in [1.29, 1.82) is 0 Å². The zero-order valence-corrected chi connectivity index (χ0v) is 27.8. The Hall–Kier alpha value is -6.37. The first-order chi connectivity index (χ1) is 24.9. The molecule has 0 saturated heterocycles. The Morgan fingerprint density at radius 2 is 1.11 bits per heavy atom. The highest BCUT2D eigenvalue weighted by atomic mass is 19.4. The van der Waals surface area contributed by atoms with Crippen molar-refractivity contribution in [1.82, 2.24) is 30.0 Å². The van der Waals surface area contributed by atoms with Crippen molar-refractivity contribution < 1.29 is 60.7 Å². The van der Waals surface area contributed by atoms with Crippen LogP contribution in [0.25, 0.3) is 33.4 Å². The van der Waals surface area contributed by atoms with Gasteiger partial charge in [-0.2, -0.15) is 26.3 Å². The van der Waals surface area contributed by atoms with E-state index in [0.717, 1.165) is 33.9 Å². The lowest BCUT2D eigenvalue weighted by Gasteiger charge is -2.12. The van der Waals surface area contributed by atoms with Gasteiger partial charge in [-0.25, -0.2) is 4.79 Å². The van der Waals surface area contributed by atoms with E-state index in [1.54, 1.807) is 0 Å². The monoisotopic (exact) mass is 746 g/mol. The Balaban J connectivity index is 0.000000208. The molecular weight excluding hydrogens is 718 g/mol. The van der Waals surface area contributed by atoms with Gasteiger partial charge in [0.1, 0.15) is 63.0 Å². The molecule has 0 spiro atoms. The van der Waals surface area contributed by atoms with E-state index in [1.807, 2.05) is 0 Å². The summed E-state index contributed by atoms with van der Waals surface area (Å²) in [4.78, 5) is 13.6. The molecule has 3 N–H and O–H groups in total. The lowest BCUT2D eigenvalue weighted by Crippen LogP contribution is -2.07. The Kier molecular flexibility index (Phi) is 10.5. The van der Waals surface area contributed by atoms with Crippen molar-refractivity contribution in [3.05, 3.63) is 95.1 Å². The molecule has 19 heteroatoms. The number of phenolic OH excluding ortho intramolecular Hbond substituents is 1. The van der Waals surface area contributed by atoms with Crippen LogP contribution in [0.5, 0.6) is 23.0 Å². The van der Waals surface area contributed by atoms with Crippen LogP contribution in [-0.2, 0) is 35.1 Å². The van der Waals surface area contributed by atoms with Gasteiger partial charge in [-0.3, -0.25) is 0 Å². The molecule has 53 heavy (non-hydrogen) atoms. The van der Waals surface area contributed by atoms with Crippen LogP contribution in [0.3, 0.4) is 0 Å². The first-order valence-electron chi connectivity index (χ1n) is 15.1. The summed E-state index contributed by atoms with van der Waals surface area (Å²) in [7, 11) is 2.79. The van der Waals surface area contributed by atoms with E-state index >= 15 is 0 Å². The number of hydrogen-bond donors (Lipinski definition) is 3. The average molecular weight is 747 g/mol. The second-order valence-corrected chi connectivity index (χ2v) is 11.2. The standard InChI is InChI=1S/C19H16F3N3O4.C15H12F3N3O3/c1-10(2)18(27)29-9-11-6-13(28-3)8-16(17(11)26)25-23-14-5-4-12(19(20,21)22)7-15(14)24-25;1-24-10-4-8(7-22)14(23)13(6-10)21-19-11-3-2-9(15(16,17)18)5-12(11)20-21/h4-8,26H,1,9H2,2-3H3;2-6,22-23H,7H2,1H3. The van der Waals surface area contributed by atoms with Gasteiger partial charge < -0.3 is 29.5 Å². The molecule has 4 aromatic carbocycles. The number of esters is 1. The summed E-state index contributed by atoms with van der Waals surface area (Å²) in [6, 6.07) is 11.6. The number of methoxy groups -OCH3 is 2. The van der Waals surface area contributed by atoms with E-state index < -0.39 is 36.1 Å². The average Bonchev–Trinajstić information content (AvgIpc) is 3.74. The summed E-state index contributed by atoms with van der Waals surface area (Å²) < 4.78 is 92.3. The van der Waals surface area contributed by atoms with Gasteiger partial charge in [0, 0.05) is 28.8 Å². The van der Waals surface area contributed by atoms with Crippen LogP contribution in [0, 0.1) is 0 Å². The number of aliphatic hydroxyl groups excluding tert-OH is 1. The molecule has 6 rings (SSSR count). The Bertz CT molecular complexity index is 2340. The van der Waals surface area contributed by atoms with Gasteiger partial charge in [0.05, 0.1) is 32.0 Å². The number of nitrogens with zero attached hydrogens (tertiary/aromatic N) is 6. The minimum atomic E-state index is -4.52. The first kappa shape index (κ1) is 37.9. The van der Waals surface area contributed by atoms with Gasteiger partial charge in [-0.05, 0) is 55.5 Å². The van der Waals surface area contributed by atoms with Crippen LogP contribution in [0.2, 0.25) is 0 Å². The molecule has 0 fully saturated rings. The predicted molar refractivity (Wildman–Crippen MR) is 175 cm³/mol. The lowest BCUT2D eigenvalue weighted by atomic mass is 10.1. The van der Waals surface area contributed by atoms with Crippen molar-refractivity contribution in [2.24, 2.45) is 0 Å². The van der Waals surface area contributed by atoms with E-state index in [0.29, 0.717) is 11.5 Å². The number of fused-ring (bicyclic) bond motifs is 2. The number of hydrogen-bond acceptors (Lipinski definition) is 11. The van der Waals surface area contributed by atoms with Crippen molar-refractivity contribution in [3.63, 3.8) is 0 Å². The first-order valence-corrected chi connectivity index (χ1v) is 15.1. The van der Waals surface area contributed by atoms with Gasteiger partial charge in [-0.15, -0.1) is 30.0 Å². The third-order valence-electron chi connectivity index (χ3n) is 7.48. The molecule has 0 aliphatic rings. The number of carbonyl (C=O) groups is 1. The fourth-order valence-corrected chi connectivity index (χ4v) is 4.73. The molecule has 278 valence electrons. The van der Waals surface area contributed by atoms with Crippen LogP contribution in [0.1, 0.15) is 29.2 Å². The fourth-order valence-electron chi connectivity index (χ4n) is 4.73. The van der Waals surface area contributed by atoms with Crippen LogP contribution < -0.4 is 9.47 Å². The largest absolute Gasteiger partial charge is 0.505 e. The maximum atomic E-state index is 12.9. The second-order valence-electron chi connectivity index (χ2n) is 11.2. The van der Waals surface area contributed by atoms with Crippen LogP contribution >= 0.6 is 0 Å². The molecule has 2 aromatic heterocycles. The molecule has 0 amide bonds. The Morgan fingerprint density at radius 3 is 1.51 bits per heavy atom. The molecule has 0 radical (unpaired) electrons. The number of benzene rings is 4. The number of aliphatic hydroxyl groups is 1. The zero-order valence-electron chi connectivity index (χ0n) is 27.8. The summed E-state index contributed by atoms with van der Waals surface area (Å²) in [6.07, 6.45) is -9.00. The molecule has 0 saturated carbocycles. The number of carbonyl (C=O) groups excluding carboxylic acids is 1. The van der Waals surface area contributed by atoms with E-state index in [2.05, 4.69) is 27.0 Å². The number of phenols is 2. The molecular formula is C34H28F6N6O7. The van der Waals surface area contributed by atoms with Crippen molar-refractivity contribution in [3.8, 4) is 34.4 Å². The molecule has 0 atom stereocenters. The molecule has 0 bridgehead atoms. The van der Waals surface area contributed by atoms with E-state index in [1.165, 1.54) is 57.5 Å². The quantitative estimate of drug-likeness (QED) is 0.0894. The fraction of sp³-hybridized carbons (Fsp3) is 0.206. The summed E-state index contributed by atoms with van der Waals surface area (Å²) in [5, 5.41) is 46.2. The topological polar surface area (TPSA) is 167 Å². The SMILES string of the molecule is C=C(C)C(=O)OCc1cc(OC)cc(-n2nc3ccc(C(F)(F)F)cc3n2)c1O.COc1cc(CO)c(O)c(-n2nc3ccc(C(F)(F)F)cc3n2)c1. The third kappa shape index (κ3) is 8.25. The summed E-state index contributed by atoms with van der Waals surface area (Å²) in [5.41, 5.74) is -0.534. The lowest BCUT2D eigenvalue weighted by molar-refractivity contribution is -0.140. The normalized spacial score (nSPS) is 11.7. The van der Waals surface area contributed by atoms with E-state index in [4.69, 9.17) is 14.2 Å². The van der Waals surface area contributed by atoms with Crippen LogP contribution in [0.4, 0.5) is 26.3 Å². The highest BCUT2D eigenvalue weighted by Crippen LogP contribution is 2.35. The number of ether oxygens (including phenoxy) is 3. The van der Waals surface area contributed by atoms with Crippen molar-refractivity contribution >= 4 is 28.0 Å². The minimum Gasteiger partial charge on any atom is -0.505 e. The number of rotatable bonds is 8. The van der Waals surface area contributed by atoms with Crippen molar-refractivity contribution in [2.45, 2.75) is 32.5 Å². The molecule has 0 aliphatic carbocycles. The van der Waals surface area contributed by atoms with E-state index in [9.17, 15) is 46.5 Å². The molecule has 0 aliphatic heterocycles. The summed E-state index contributed by atoms with van der Waals surface area (Å²) >= 11 is 0. The van der Waals surface area contributed by atoms with Gasteiger partial charge in [-0.1, -0.05) is 6.58 Å². The maximum absolute atomic E-state index is 12.9. The number of alkyl halides is 6. The van der Waals surface area contributed by atoms with Gasteiger partial charge in [0.25, 0.3) is 0 Å². The summed E-state index contributed by atoms with van der Waals surface area (Å²) in [5.74, 6) is -0.594. The summed E-state index contributed by atoms with van der Waals surface area (Å²) in [6.45, 7) is 4.22. The molecule has 0 unspecified atom stereocenters. The zero-order chi connectivity index (χ0) is 38.8. The Labute approximate surface area is 294 Å². The van der Waals surface area contributed by atoms with Crippen LogP contribution in [0.15, 0.2) is 72.8 Å². The predicted octanol–water partition coefficient (Wildman–Crippen LogP) is 6.42. The number of aromatic hydroxyl groups is 2. The van der Waals surface area contributed by atoms with E-state index in [-0.39, 0.29) is 68.2 Å². The van der Waals surface area contributed by atoms with Crippen LogP contribution in [-0.4, -0.2) is 65.5 Å². The highest BCUT2D eigenvalue weighted by Gasteiger charge is 2.32. The van der Waals surface area contributed by atoms with Gasteiger partial charge in [0.15, 0.2) is 0 Å². The number of halogens is 6. The minimum absolute atomic E-state index is 0.00250.